The van der Waals surface area contributed by atoms with E-state index in [1.54, 1.807) is 0 Å². The minimum atomic E-state index is -0.415. The van der Waals surface area contributed by atoms with Crippen molar-refractivity contribution in [2.45, 2.75) is 34.2 Å². The molecule has 4 nitrogen and oxygen atoms in total. The Kier molecular flexibility index (Phi) is 6.71. The van der Waals surface area contributed by atoms with Crippen molar-refractivity contribution < 1.29 is 4.79 Å². The number of aryl methyl sites for hydroxylation is 3. The van der Waals surface area contributed by atoms with Crippen LogP contribution >= 0.6 is 11.6 Å². The van der Waals surface area contributed by atoms with Gasteiger partial charge in [0.25, 0.3) is 5.91 Å². The third-order valence-electron chi connectivity index (χ3n) is 6.25. The molecule has 0 radical (unpaired) electrons. The molecule has 1 N–H and O–H groups in total. The average Bonchev–Trinajstić information content (AvgIpc) is 2.80. The molecular weight excluding hydrogens is 444 g/mol. The van der Waals surface area contributed by atoms with Gasteiger partial charge in [0.15, 0.2) is 5.43 Å². The van der Waals surface area contributed by atoms with Crippen LogP contribution in [0.2, 0.25) is 5.02 Å². The first-order valence-electron chi connectivity index (χ1n) is 11.2. The van der Waals surface area contributed by atoms with E-state index in [1.165, 1.54) is 6.07 Å². The summed E-state index contributed by atoms with van der Waals surface area (Å²) in [4.78, 5) is 26.9. The summed E-state index contributed by atoms with van der Waals surface area (Å²) in [5.74, 6) is -0.415. The van der Waals surface area contributed by atoms with Crippen molar-refractivity contribution in [2.24, 2.45) is 0 Å². The quantitative estimate of drug-likeness (QED) is 0.352. The molecule has 1 amide bonds. The van der Waals surface area contributed by atoms with E-state index in [-0.39, 0.29) is 11.0 Å². The van der Waals surface area contributed by atoms with E-state index >= 15 is 0 Å². The molecule has 172 valence electrons. The Labute approximate surface area is 204 Å². The van der Waals surface area contributed by atoms with Crippen LogP contribution in [0.3, 0.4) is 0 Å². The van der Waals surface area contributed by atoms with Gasteiger partial charge in [-0.2, -0.15) is 0 Å². The van der Waals surface area contributed by atoms with E-state index < -0.39 is 5.91 Å². The van der Waals surface area contributed by atoms with E-state index in [4.69, 9.17) is 11.6 Å². The molecule has 0 saturated heterocycles. The van der Waals surface area contributed by atoms with E-state index in [0.29, 0.717) is 22.9 Å². The van der Waals surface area contributed by atoms with Gasteiger partial charge in [-0.15, -0.1) is 0 Å². The van der Waals surface area contributed by atoms with Gasteiger partial charge in [-0.3, -0.25) is 9.59 Å². The molecule has 0 saturated carbocycles. The molecule has 1 heterocycles. The highest BCUT2D eigenvalue weighted by atomic mass is 35.5. The van der Waals surface area contributed by atoms with E-state index in [9.17, 15) is 9.59 Å². The van der Waals surface area contributed by atoms with Crippen LogP contribution in [0.15, 0.2) is 77.6 Å². The second-order valence-electron chi connectivity index (χ2n) is 8.60. The second kappa shape index (κ2) is 9.70. The lowest BCUT2D eigenvalue weighted by molar-refractivity contribution is 0.102. The fraction of sp³-hybridized carbons (Fsp3) is 0.172. The number of pyridine rings is 1. The Morgan fingerprint density at radius 1 is 0.882 bits per heavy atom. The predicted octanol–water partition coefficient (Wildman–Crippen LogP) is 6.70. The fourth-order valence-electron chi connectivity index (χ4n) is 4.15. The lowest BCUT2D eigenvalue weighted by Crippen LogP contribution is -2.27. The number of amides is 1. The number of hydrogen-bond acceptors (Lipinski definition) is 2. The van der Waals surface area contributed by atoms with Crippen LogP contribution in [-0.2, 0) is 6.54 Å². The SMILES string of the molecule is Cc1ccccc1-c1c(C(=O)Nc2cccc(C)c2C)c(=O)cc(C)n1Cc1ccc(Cl)cc1. The molecule has 0 aliphatic rings. The normalized spacial score (nSPS) is 10.9. The van der Waals surface area contributed by atoms with Crippen LogP contribution in [0.4, 0.5) is 5.69 Å². The molecule has 1 aromatic heterocycles. The molecule has 5 heteroatoms. The van der Waals surface area contributed by atoms with Gasteiger partial charge in [-0.05, 0) is 68.1 Å². The minimum Gasteiger partial charge on any atom is -0.340 e. The Morgan fingerprint density at radius 2 is 1.56 bits per heavy atom. The zero-order valence-electron chi connectivity index (χ0n) is 19.8. The number of benzene rings is 3. The third kappa shape index (κ3) is 4.68. The molecule has 4 rings (SSSR count). The average molecular weight is 471 g/mol. The summed E-state index contributed by atoms with van der Waals surface area (Å²) in [6, 6.07) is 22.7. The van der Waals surface area contributed by atoms with Crippen LogP contribution in [0.1, 0.15) is 38.3 Å². The molecule has 4 aromatic rings. The molecule has 0 atom stereocenters. The van der Waals surface area contributed by atoms with Gasteiger partial charge in [0.1, 0.15) is 5.56 Å². The highest BCUT2D eigenvalue weighted by Crippen LogP contribution is 2.29. The van der Waals surface area contributed by atoms with E-state index in [0.717, 1.165) is 33.5 Å². The Hall–Kier alpha value is -3.63. The zero-order valence-corrected chi connectivity index (χ0v) is 20.5. The summed E-state index contributed by atoms with van der Waals surface area (Å²) in [6.45, 7) is 8.33. The van der Waals surface area contributed by atoms with Gasteiger partial charge >= 0.3 is 0 Å². The summed E-state index contributed by atoms with van der Waals surface area (Å²) in [5, 5.41) is 3.65. The first-order valence-corrected chi connectivity index (χ1v) is 11.6. The number of aromatic nitrogens is 1. The van der Waals surface area contributed by atoms with E-state index in [2.05, 4.69) is 5.32 Å². The highest BCUT2D eigenvalue weighted by Gasteiger charge is 2.23. The monoisotopic (exact) mass is 470 g/mol. The fourth-order valence-corrected chi connectivity index (χ4v) is 4.28. The first-order chi connectivity index (χ1) is 16.3. The van der Waals surface area contributed by atoms with Crippen LogP contribution in [-0.4, -0.2) is 10.5 Å². The summed E-state index contributed by atoms with van der Waals surface area (Å²) < 4.78 is 2.03. The topological polar surface area (TPSA) is 51.1 Å². The van der Waals surface area contributed by atoms with E-state index in [1.807, 2.05) is 99.0 Å². The largest absolute Gasteiger partial charge is 0.340 e. The van der Waals surface area contributed by atoms with Crippen molar-refractivity contribution in [2.75, 3.05) is 5.32 Å². The van der Waals surface area contributed by atoms with Gasteiger partial charge in [-0.25, -0.2) is 0 Å². The van der Waals surface area contributed by atoms with Gasteiger partial charge in [-0.1, -0.05) is 60.1 Å². The molecule has 0 bridgehead atoms. The number of nitrogens with one attached hydrogen (secondary N) is 1. The maximum atomic E-state index is 13.6. The van der Waals surface area contributed by atoms with Crippen LogP contribution < -0.4 is 10.7 Å². The number of nitrogens with zero attached hydrogens (tertiary/aromatic N) is 1. The van der Waals surface area contributed by atoms with Gasteiger partial charge in [0, 0.05) is 34.6 Å². The number of carbonyl (C=O) groups excluding carboxylic acids is 1. The van der Waals surface area contributed by atoms with Crippen molar-refractivity contribution in [1.29, 1.82) is 0 Å². The molecular formula is C29H27ClN2O2. The van der Waals surface area contributed by atoms with Crippen molar-refractivity contribution in [3.05, 3.63) is 122 Å². The summed E-state index contributed by atoms with van der Waals surface area (Å²) in [5.41, 5.74) is 6.82. The molecule has 3 aromatic carbocycles. The second-order valence-corrected chi connectivity index (χ2v) is 9.04. The zero-order chi connectivity index (χ0) is 24.4. The molecule has 0 fully saturated rings. The molecule has 0 aliphatic heterocycles. The Balaban J connectivity index is 1.92. The molecule has 0 spiro atoms. The predicted molar refractivity (Wildman–Crippen MR) is 140 cm³/mol. The summed E-state index contributed by atoms with van der Waals surface area (Å²) >= 11 is 6.08. The van der Waals surface area contributed by atoms with Gasteiger partial charge in [0.05, 0.1) is 5.69 Å². The number of hydrogen-bond donors (Lipinski definition) is 1. The summed E-state index contributed by atoms with van der Waals surface area (Å²) in [7, 11) is 0. The molecule has 34 heavy (non-hydrogen) atoms. The van der Waals surface area contributed by atoms with Crippen molar-refractivity contribution >= 4 is 23.2 Å². The molecule has 0 aliphatic carbocycles. The number of halogens is 1. The van der Waals surface area contributed by atoms with Crippen LogP contribution in [0, 0.1) is 27.7 Å². The van der Waals surface area contributed by atoms with Gasteiger partial charge < -0.3 is 9.88 Å². The van der Waals surface area contributed by atoms with Crippen LogP contribution in [0.25, 0.3) is 11.3 Å². The number of carbonyl (C=O) groups is 1. The van der Waals surface area contributed by atoms with Crippen LogP contribution in [0.5, 0.6) is 0 Å². The number of rotatable bonds is 5. The standard InChI is InChI=1S/C29H27ClN2O2/c1-18-9-7-11-25(21(18)4)31-29(34)27-26(33)16-20(3)32(17-22-12-14-23(30)15-13-22)28(27)24-10-6-5-8-19(24)2/h5-16H,17H2,1-4H3,(H,31,34). The van der Waals surface area contributed by atoms with Crippen molar-refractivity contribution in [1.82, 2.24) is 4.57 Å². The van der Waals surface area contributed by atoms with Crippen molar-refractivity contribution in [3.63, 3.8) is 0 Å². The Bertz CT molecular complexity index is 1440. The van der Waals surface area contributed by atoms with Gasteiger partial charge in [0.2, 0.25) is 0 Å². The first kappa shape index (κ1) is 23.5. The summed E-state index contributed by atoms with van der Waals surface area (Å²) in [6.07, 6.45) is 0. The molecule has 0 unspecified atom stereocenters. The Morgan fingerprint density at radius 3 is 2.26 bits per heavy atom. The smallest absolute Gasteiger partial charge is 0.261 e. The third-order valence-corrected chi connectivity index (χ3v) is 6.50. The lowest BCUT2D eigenvalue weighted by atomic mass is 9.98. The van der Waals surface area contributed by atoms with Crippen molar-refractivity contribution in [3.8, 4) is 11.3 Å². The maximum absolute atomic E-state index is 13.6. The minimum absolute atomic E-state index is 0.134. The highest BCUT2D eigenvalue weighted by molar-refractivity contribution is 6.30. The number of anilines is 1. The lowest BCUT2D eigenvalue weighted by Gasteiger charge is -2.22. The maximum Gasteiger partial charge on any atom is 0.261 e.